The largest absolute Gasteiger partial charge is 0.333 e. The average Bonchev–Trinajstić information content (AvgIpc) is 3.16. The van der Waals surface area contributed by atoms with Crippen molar-refractivity contribution in [2.45, 2.75) is 51.5 Å². The van der Waals surface area contributed by atoms with Crippen LogP contribution in [0.25, 0.3) is 5.69 Å². The lowest BCUT2D eigenvalue weighted by Gasteiger charge is -2.16. The van der Waals surface area contributed by atoms with E-state index in [2.05, 4.69) is 41.4 Å². The second kappa shape index (κ2) is 6.83. The van der Waals surface area contributed by atoms with Gasteiger partial charge in [0.15, 0.2) is 11.5 Å². The third kappa shape index (κ3) is 3.14. The number of aryl methyl sites for hydroxylation is 1. The fourth-order valence-electron chi connectivity index (χ4n) is 4.18. The molecule has 2 aliphatic rings. The summed E-state index contributed by atoms with van der Waals surface area (Å²) in [6, 6.07) is 8.30. The first kappa shape index (κ1) is 18.1. The van der Waals surface area contributed by atoms with Crippen molar-refractivity contribution in [1.82, 2.24) is 29.4 Å². The third-order valence-electron chi connectivity index (χ3n) is 6.08. The minimum Gasteiger partial charge on any atom is -0.333 e. The maximum Gasteiger partial charge on any atom is 0.274 e. The van der Waals surface area contributed by atoms with Crippen LogP contribution < -0.4 is 0 Å². The van der Waals surface area contributed by atoms with Crippen LogP contribution >= 0.6 is 0 Å². The molecule has 7 heteroatoms. The van der Waals surface area contributed by atoms with E-state index >= 15 is 0 Å². The molecule has 3 aromatic rings. The van der Waals surface area contributed by atoms with Crippen LogP contribution in [0, 0.1) is 6.92 Å². The Morgan fingerprint density at radius 1 is 1.17 bits per heavy atom. The van der Waals surface area contributed by atoms with E-state index in [1.807, 2.05) is 23.3 Å². The molecule has 0 radical (unpaired) electrons. The molecule has 1 amide bonds. The second-order valence-corrected chi connectivity index (χ2v) is 8.34. The molecule has 29 heavy (non-hydrogen) atoms. The zero-order valence-corrected chi connectivity index (χ0v) is 17.2. The van der Waals surface area contributed by atoms with Gasteiger partial charge in [-0.2, -0.15) is 5.10 Å². The molecule has 2 heterocycles. The Morgan fingerprint density at radius 3 is 2.66 bits per heavy atom. The van der Waals surface area contributed by atoms with Crippen molar-refractivity contribution in [2.24, 2.45) is 7.05 Å². The summed E-state index contributed by atoms with van der Waals surface area (Å²) in [5.74, 6) is 2.34. The molecule has 0 aliphatic heterocycles. The van der Waals surface area contributed by atoms with E-state index in [0.717, 1.165) is 42.2 Å². The van der Waals surface area contributed by atoms with E-state index in [4.69, 9.17) is 5.10 Å². The number of nitrogens with zero attached hydrogens (tertiary/aromatic N) is 6. The Labute approximate surface area is 170 Å². The van der Waals surface area contributed by atoms with Gasteiger partial charge in [0, 0.05) is 31.3 Å². The summed E-state index contributed by atoms with van der Waals surface area (Å²) in [4.78, 5) is 15.0. The van der Waals surface area contributed by atoms with Gasteiger partial charge in [-0.3, -0.25) is 4.79 Å². The monoisotopic (exact) mass is 390 g/mol. The number of aromatic nitrogens is 5. The number of benzene rings is 1. The zero-order valence-electron chi connectivity index (χ0n) is 17.2. The van der Waals surface area contributed by atoms with Crippen LogP contribution in [0.2, 0.25) is 0 Å². The van der Waals surface area contributed by atoms with E-state index in [1.165, 1.54) is 24.1 Å². The van der Waals surface area contributed by atoms with Crippen LogP contribution in [0.1, 0.15) is 64.1 Å². The van der Waals surface area contributed by atoms with E-state index in [0.29, 0.717) is 18.2 Å². The molecule has 5 rings (SSSR count). The fourth-order valence-corrected chi connectivity index (χ4v) is 4.18. The van der Waals surface area contributed by atoms with Gasteiger partial charge in [0.1, 0.15) is 5.82 Å². The first-order valence-corrected chi connectivity index (χ1v) is 10.3. The van der Waals surface area contributed by atoms with Crippen molar-refractivity contribution in [2.75, 3.05) is 7.05 Å². The molecule has 0 unspecified atom stereocenters. The van der Waals surface area contributed by atoms with Crippen LogP contribution in [0.4, 0.5) is 0 Å². The van der Waals surface area contributed by atoms with Gasteiger partial charge in [-0.25, -0.2) is 4.68 Å². The van der Waals surface area contributed by atoms with Crippen LogP contribution in [0.3, 0.4) is 0 Å². The maximum absolute atomic E-state index is 13.3. The van der Waals surface area contributed by atoms with Gasteiger partial charge in [0.25, 0.3) is 5.91 Å². The molecule has 1 aromatic carbocycles. The normalized spacial score (nSPS) is 15.6. The molecule has 0 N–H and O–H groups in total. The van der Waals surface area contributed by atoms with Crippen LogP contribution in [0.5, 0.6) is 0 Å². The molecule has 7 nitrogen and oxygen atoms in total. The number of carbonyl (C=O) groups is 1. The highest BCUT2D eigenvalue weighted by Crippen LogP contribution is 2.38. The smallest absolute Gasteiger partial charge is 0.274 e. The van der Waals surface area contributed by atoms with Crippen LogP contribution in [-0.2, 0) is 26.4 Å². The van der Waals surface area contributed by atoms with Gasteiger partial charge >= 0.3 is 0 Å². The first-order valence-electron chi connectivity index (χ1n) is 10.3. The standard InChI is InChI=1S/C22H26N6O/c1-14-7-11-16(12-8-14)28-18-6-4-5-17(18)20(25-28)22(29)26(2)13-19-23-24-21(27(19)3)15-9-10-15/h7-8,11-12,15H,4-6,9-10,13H2,1-3H3. The van der Waals surface area contributed by atoms with Crippen molar-refractivity contribution in [3.63, 3.8) is 0 Å². The number of carbonyl (C=O) groups excluding carboxylic acids is 1. The van der Waals surface area contributed by atoms with Gasteiger partial charge in [0.2, 0.25) is 0 Å². The Kier molecular flexibility index (Phi) is 4.26. The quantitative estimate of drug-likeness (QED) is 0.672. The Morgan fingerprint density at radius 2 is 1.93 bits per heavy atom. The van der Waals surface area contributed by atoms with Gasteiger partial charge in [0.05, 0.1) is 12.2 Å². The summed E-state index contributed by atoms with van der Waals surface area (Å²) in [7, 11) is 3.81. The topological polar surface area (TPSA) is 68.8 Å². The summed E-state index contributed by atoms with van der Waals surface area (Å²) in [6.45, 7) is 2.50. The number of hydrogen-bond donors (Lipinski definition) is 0. The molecular formula is C22H26N6O. The molecule has 2 aliphatic carbocycles. The minimum atomic E-state index is -0.0509. The van der Waals surface area contributed by atoms with Crippen molar-refractivity contribution in [3.05, 3.63) is 58.4 Å². The lowest BCUT2D eigenvalue weighted by atomic mass is 10.2. The Hall–Kier alpha value is -2.96. The Balaban J connectivity index is 1.42. The van der Waals surface area contributed by atoms with Crippen molar-refractivity contribution in [1.29, 1.82) is 0 Å². The van der Waals surface area contributed by atoms with E-state index < -0.39 is 0 Å². The lowest BCUT2D eigenvalue weighted by Crippen LogP contribution is -2.28. The van der Waals surface area contributed by atoms with E-state index in [1.54, 1.807) is 4.90 Å². The number of hydrogen-bond acceptors (Lipinski definition) is 4. The van der Waals surface area contributed by atoms with E-state index in [-0.39, 0.29) is 5.91 Å². The van der Waals surface area contributed by atoms with Crippen molar-refractivity contribution >= 4 is 5.91 Å². The molecule has 150 valence electrons. The highest BCUT2D eigenvalue weighted by Gasteiger charge is 2.31. The number of amides is 1. The second-order valence-electron chi connectivity index (χ2n) is 8.34. The predicted octanol–water partition coefficient (Wildman–Crippen LogP) is 2.95. The third-order valence-corrected chi connectivity index (χ3v) is 6.08. The average molecular weight is 390 g/mol. The molecule has 2 aromatic heterocycles. The number of fused-ring (bicyclic) bond motifs is 1. The minimum absolute atomic E-state index is 0.0509. The summed E-state index contributed by atoms with van der Waals surface area (Å²) >= 11 is 0. The van der Waals surface area contributed by atoms with E-state index in [9.17, 15) is 4.79 Å². The molecule has 0 atom stereocenters. The van der Waals surface area contributed by atoms with Gasteiger partial charge in [-0.1, -0.05) is 17.7 Å². The van der Waals surface area contributed by atoms with Crippen molar-refractivity contribution in [3.8, 4) is 5.69 Å². The summed E-state index contributed by atoms with van der Waals surface area (Å²) < 4.78 is 3.99. The molecule has 1 saturated carbocycles. The summed E-state index contributed by atoms with van der Waals surface area (Å²) in [5.41, 5.74) is 5.06. The molecule has 0 saturated heterocycles. The SMILES string of the molecule is Cc1ccc(-n2nc(C(=O)N(C)Cc3nnc(C4CC4)n3C)c3c2CCC3)cc1. The van der Waals surface area contributed by atoms with Crippen LogP contribution in [0.15, 0.2) is 24.3 Å². The highest BCUT2D eigenvalue weighted by molar-refractivity contribution is 5.94. The summed E-state index contributed by atoms with van der Waals surface area (Å²) in [6.07, 6.45) is 5.30. The Bertz CT molecular complexity index is 1070. The van der Waals surface area contributed by atoms with Gasteiger partial charge in [-0.15, -0.1) is 10.2 Å². The van der Waals surface area contributed by atoms with Gasteiger partial charge < -0.3 is 9.47 Å². The van der Waals surface area contributed by atoms with Crippen LogP contribution in [-0.4, -0.2) is 42.4 Å². The fraction of sp³-hybridized carbons (Fsp3) is 0.455. The maximum atomic E-state index is 13.3. The zero-order chi connectivity index (χ0) is 20.1. The van der Waals surface area contributed by atoms with Gasteiger partial charge in [-0.05, 0) is 51.2 Å². The lowest BCUT2D eigenvalue weighted by molar-refractivity contribution is 0.0773. The molecule has 0 spiro atoms. The number of rotatable bonds is 5. The molecule has 1 fully saturated rings. The molecule has 0 bridgehead atoms. The first-order chi connectivity index (χ1) is 14.0. The highest BCUT2D eigenvalue weighted by atomic mass is 16.2. The molecular weight excluding hydrogens is 364 g/mol. The summed E-state index contributed by atoms with van der Waals surface area (Å²) in [5, 5.41) is 13.4. The predicted molar refractivity (Wildman–Crippen MR) is 109 cm³/mol. The van der Waals surface area contributed by atoms with Crippen molar-refractivity contribution < 1.29 is 4.79 Å².